The smallest absolute Gasteiger partial charge is 0.161 e. The van der Waals surface area contributed by atoms with Gasteiger partial charge in [-0.15, -0.1) is 12.8 Å². The number of sulfone groups is 2. The minimum absolute atomic E-state index is 0.00634. The average Bonchev–Trinajstić information content (AvgIpc) is 2.16. The fraction of sp³-hybridized carbons (Fsp3) is 0.636. The Morgan fingerprint density at radius 3 is 1.35 bits per heavy atom. The van der Waals surface area contributed by atoms with E-state index in [0.29, 0.717) is 19.3 Å². The van der Waals surface area contributed by atoms with Gasteiger partial charge in [0, 0.05) is 0 Å². The Bertz CT molecular complexity index is 453. The van der Waals surface area contributed by atoms with E-state index < -0.39 is 19.7 Å². The van der Waals surface area contributed by atoms with Gasteiger partial charge in [-0.2, -0.15) is 0 Å². The number of terminal acetylenes is 2. The Hall–Kier alpha value is -0.980. The molecule has 0 heterocycles. The second-order valence-corrected chi connectivity index (χ2v) is 8.02. The molecule has 0 aliphatic rings. The molecule has 0 aromatic heterocycles. The van der Waals surface area contributed by atoms with E-state index in [1.807, 2.05) is 0 Å². The van der Waals surface area contributed by atoms with E-state index in [-0.39, 0.29) is 23.0 Å². The zero-order valence-corrected chi connectivity index (χ0v) is 11.2. The molecule has 0 saturated carbocycles. The maximum absolute atomic E-state index is 11.2. The van der Waals surface area contributed by atoms with Crippen molar-refractivity contribution in [1.82, 2.24) is 0 Å². The largest absolute Gasteiger partial charge is 0.228 e. The first-order valence-corrected chi connectivity index (χ1v) is 8.75. The topological polar surface area (TPSA) is 68.3 Å². The maximum Gasteiger partial charge on any atom is 0.161 e. The molecule has 0 radical (unpaired) electrons. The van der Waals surface area contributed by atoms with Crippen LogP contribution in [0.15, 0.2) is 0 Å². The van der Waals surface area contributed by atoms with Crippen molar-refractivity contribution >= 4 is 19.7 Å². The number of hydrogen-bond donors (Lipinski definition) is 0. The highest BCUT2D eigenvalue weighted by atomic mass is 32.2. The van der Waals surface area contributed by atoms with Gasteiger partial charge in [-0.05, 0) is 12.8 Å². The lowest BCUT2D eigenvalue weighted by Crippen LogP contribution is -2.12. The van der Waals surface area contributed by atoms with Gasteiger partial charge in [-0.1, -0.05) is 18.3 Å². The molecule has 0 aliphatic heterocycles. The molecule has 4 nitrogen and oxygen atoms in total. The molecule has 0 aromatic rings. The zero-order valence-electron chi connectivity index (χ0n) is 9.55. The third-order valence-corrected chi connectivity index (χ3v) is 5.05. The van der Waals surface area contributed by atoms with Crippen molar-refractivity contribution in [2.45, 2.75) is 19.3 Å². The first-order chi connectivity index (χ1) is 7.83. The van der Waals surface area contributed by atoms with E-state index in [4.69, 9.17) is 12.8 Å². The Labute approximate surface area is 104 Å². The van der Waals surface area contributed by atoms with Crippen LogP contribution in [0.5, 0.6) is 0 Å². The molecule has 0 unspecified atom stereocenters. The van der Waals surface area contributed by atoms with Gasteiger partial charge in [0.25, 0.3) is 0 Å². The molecule has 0 aliphatic carbocycles. The van der Waals surface area contributed by atoms with Crippen LogP contribution in [0.3, 0.4) is 0 Å². The van der Waals surface area contributed by atoms with Crippen molar-refractivity contribution in [3.63, 3.8) is 0 Å². The quantitative estimate of drug-likeness (QED) is 0.471. The van der Waals surface area contributed by atoms with E-state index in [9.17, 15) is 16.8 Å². The molecule has 0 bridgehead atoms. The van der Waals surface area contributed by atoms with E-state index >= 15 is 0 Å². The average molecular weight is 276 g/mol. The van der Waals surface area contributed by atoms with Crippen LogP contribution < -0.4 is 0 Å². The molecule has 0 spiro atoms. The van der Waals surface area contributed by atoms with Gasteiger partial charge in [-0.25, -0.2) is 16.8 Å². The summed E-state index contributed by atoms with van der Waals surface area (Å²) >= 11 is 0. The molecule has 0 amide bonds. The minimum Gasteiger partial charge on any atom is -0.228 e. The van der Waals surface area contributed by atoms with Gasteiger partial charge in [0.2, 0.25) is 0 Å². The van der Waals surface area contributed by atoms with Crippen LogP contribution in [0.25, 0.3) is 0 Å². The predicted molar refractivity (Wildman–Crippen MR) is 68.8 cm³/mol. The standard InChI is InChI=1S/C11H16O4S2/c1-3-8-16(12,13)10-6-5-7-11-17(14,15)9-4-2/h1-2H,5-11H2. The maximum atomic E-state index is 11.2. The summed E-state index contributed by atoms with van der Waals surface area (Å²) in [4.78, 5) is 0. The van der Waals surface area contributed by atoms with Crippen molar-refractivity contribution in [2.24, 2.45) is 0 Å². The van der Waals surface area contributed by atoms with E-state index in [1.165, 1.54) is 0 Å². The van der Waals surface area contributed by atoms with Crippen molar-refractivity contribution in [3.05, 3.63) is 0 Å². The summed E-state index contributed by atoms with van der Waals surface area (Å²) in [5.74, 6) is 3.66. The molecule has 0 N–H and O–H groups in total. The van der Waals surface area contributed by atoms with Gasteiger partial charge in [0.15, 0.2) is 19.7 Å². The number of rotatable bonds is 8. The monoisotopic (exact) mass is 276 g/mol. The molecule has 6 heteroatoms. The van der Waals surface area contributed by atoms with Gasteiger partial charge >= 0.3 is 0 Å². The van der Waals surface area contributed by atoms with Crippen LogP contribution >= 0.6 is 0 Å². The highest BCUT2D eigenvalue weighted by Gasteiger charge is 2.10. The lowest BCUT2D eigenvalue weighted by molar-refractivity contribution is 0.590. The lowest BCUT2D eigenvalue weighted by Gasteiger charge is -2.01. The Morgan fingerprint density at radius 2 is 1.06 bits per heavy atom. The Balaban J connectivity index is 3.83. The fourth-order valence-electron chi connectivity index (χ4n) is 1.22. The molecule has 96 valence electrons. The van der Waals surface area contributed by atoms with Crippen LogP contribution in [-0.4, -0.2) is 39.8 Å². The summed E-state index contributed by atoms with van der Waals surface area (Å²) in [6.07, 6.45) is 11.2. The minimum atomic E-state index is -3.18. The molecule has 0 fully saturated rings. The van der Waals surface area contributed by atoms with Crippen LogP contribution in [0.2, 0.25) is 0 Å². The predicted octanol–water partition coefficient (Wildman–Crippen LogP) is 0.253. The van der Waals surface area contributed by atoms with E-state index in [2.05, 4.69) is 11.8 Å². The van der Waals surface area contributed by atoms with Gasteiger partial charge in [0.05, 0.1) is 11.5 Å². The summed E-state index contributed by atoms with van der Waals surface area (Å²) < 4.78 is 44.8. The number of unbranched alkanes of at least 4 members (excludes halogenated alkanes) is 2. The van der Waals surface area contributed by atoms with Crippen LogP contribution in [0, 0.1) is 24.7 Å². The second-order valence-electron chi connectivity index (χ2n) is 3.65. The Kier molecular flexibility index (Phi) is 6.94. The van der Waals surface area contributed by atoms with E-state index in [0.717, 1.165) is 0 Å². The van der Waals surface area contributed by atoms with Gasteiger partial charge in [0.1, 0.15) is 11.5 Å². The molecule has 17 heavy (non-hydrogen) atoms. The van der Waals surface area contributed by atoms with Crippen molar-refractivity contribution in [2.75, 3.05) is 23.0 Å². The van der Waals surface area contributed by atoms with Crippen molar-refractivity contribution in [1.29, 1.82) is 0 Å². The van der Waals surface area contributed by atoms with Crippen LogP contribution in [0.1, 0.15) is 19.3 Å². The fourth-order valence-corrected chi connectivity index (χ4v) is 3.30. The summed E-state index contributed by atoms with van der Waals surface area (Å²) in [6.45, 7) is 0. The third kappa shape index (κ3) is 8.79. The molecule has 0 atom stereocenters. The zero-order chi connectivity index (χ0) is 13.4. The molecule has 0 rings (SSSR count). The first-order valence-electron chi connectivity index (χ1n) is 5.11. The SMILES string of the molecule is C#CCS(=O)(=O)CCCCCS(=O)(=O)CC#C. The summed E-state index contributed by atoms with van der Waals surface area (Å²) in [6, 6.07) is 0. The summed E-state index contributed by atoms with van der Waals surface area (Å²) in [5, 5.41) is 0. The first kappa shape index (κ1) is 16.0. The highest BCUT2D eigenvalue weighted by Crippen LogP contribution is 2.03. The van der Waals surface area contributed by atoms with Gasteiger partial charge in [-0.3, -0.25) is 0 Å². The Morgan fingerprint density at radius 1 is 0.706 bits per heavy atom. The number of hydrogen-bond acceptors (Lipinski definition) is 4. The summed E-state index contributed by atoms with van der Waals surface area (Å²) in [5.41, 5.74) is 0. The van der Waals surface area contributed by atoms with Crippen LogP contribution in [-0.2, 0) is 19.7 Å². The molecule has 0 saturated heterocycles. The van der Waals surface area contributed by atoms with Crippen LogP contribution in [0.4, 0.5) is 0 Å². The molecule has 0 aromatic carbocycles. The van der Waals surface area contributed by atoms with Crippen molar-refractivity contribution < 1.29 is 16.8 Å². The van der Waals surface area contributed by atoms with Crippen molar-refractivity contribution in [3.8, 4) is 24.7 Å². The highest BCUT2D eigenvalue weighted by molar-refractivity contribution is 7.91. The summed E-state index contributed by atoms with van der Waals surface area (Å²) in [7, 11) is -6.35. The lowest BCUT2D eigenvalue weighted by atomic mass is 10.3. The van der Waals surface area contributed by atoms with E-state index in [1.54, 1.807) is 0 Å². The third-order valence-electron chi connectivity index (χ3n) is 2.02. The normalized spacial score (nSPS) is 11.6. The molecular formula is C11H16O4S2. The molecular weight excluding hydrogens is 260 g/mol. The van der Waals surface area contributed by atoms with Gasteiger partial charge < -0.3 is 0 Å². The second kappa shape index (κ2) is 7.37.